The Morgan fingerprint density at radius 3 is 2.81 bits per heavy atom. The molecule has 0 radical (unpaired) electrons. The first kappa shape index (κ1) is 11.1. The highest BCUT2D eigenvalue weighted by atomic mass is 16.4. The van der Waals surface area contributed by atoms with Crippen LogP contribution < -0.4 is 5.32 Å². The molecule has 1 aromatic heterocycles. The molecule has 1 aromatic rings. The summed E-state index contributed by atoms with van der Waals surface area (Å²) in [6.45, 7) is 3.68. The Hall–Kier alpha value is -1.36. The van der Waals surface area contributed by atoms with Crippen molar-refractivity contribution in [2.75, 3.05) is 13.1 Å². The Bertz CT molecular complexity index is 380. The summed E-state index contributed by atoms with van der Waals surface area (Å²) >= 11 is 0. The molecule has 0 saturated carbocycles. The number of hydrogen-bond acceptors (Lipinski definition) is 3. The van der Waals surface area contributed by atoms with E-state index < -0.39 is 5.97 Å². The first-order chi connectivity index (χ1) is 7.62. The van der Waals surface area contributed by atoms with Crippen molar-refractivity contribution in [2.24, 2.45) is 0 Å². The van der Waals surface area contributed by atoms with E-state index in [1.165, 1.54) is 0 Å². The van der Waals surface area contributed by atoms with E-state index in [2.05, 4.69) is 10.4 Å². The van der Waals surface area contributed by atoms with Gasteiger partial charge in [-0.25, -0.2) is 0 Å². The molecule has 0 aliphatic carbocycles. The fourth-order valence-corrected chi connectivity index (χ4v) is 2.33. The molecule has 5 heteroatoms. The minimum Gasteiger partial charge on any atom is -0.481 e. The van der Waals surface area contributed by atoms with E-state index in [1.54, 1.807) is 6.20 Å². The van der Waals surface area contributed by atoms with Gasteiger partial charge in [-0.2, -0.15) is 5.10 Å². The summed E-state index contributed by atoms with van der Waals surface area (Å²) in [5.41, 5.74) is 0.731. The molecule has 16 heavy (non-hydrogen) atoms. The van der Waals surface area contributed by atoms with E-state index >= 15 is 0 Å². The highest BCUT2D eigenvalue weighted by molar-refractivity contribution is 5.68. The van der Waals surface area contributed by atoms with E-state index in [1.807, 2.05) is 17.8 Å². The van der Waals surface area contributed by atoms with Crippen LogP contribution in [0.3, 0.4) is 0 Å². The minimum atomic E-state index is -0.755. The predicted molar refractivity (Wildman–Crippen MR) is 59.3 cm³/mol. The van der Waals surface area contributed by atoms with Crippen molar-refractivity contribution >= 4 is 5.97 Å². The second-order valence-electron chi connectivity index (χ2n) is 4.51. The van der Waals surface area contributed by atoms with Crippen molar-refractivity contribution in [3.05, 3.63) is 18.0 Å². The second-order valence-corrected chi connectivity index (χ2v) is 4.51. The van der Waals surface area contributed by atoms with Crippen LogP contribution in [-0.4, -0.2) is 33.9 Å². The lowest BCUT2D eigenvalue weighted by Gasteiger charge is -2.36. The molecule has 0 amide bonds. The quantitative estimate of drug-likeness (QED) is 0.793. The number of rotatable bonds is 3. The number of aryl methyl sites for hydroxylation is 1. The normalized spacial score (nSPS) is 19.6. The van der Waals surface area contributed by atoms with Crippen LogP contribution in [0.2, 0.25) is 0 Å². The average molecular weight is 223 g/mol. The maximum absolute atomic E-state index is 11.0. The monoisotopic (exact) mass is 223 g/mol. The lowest BCUT2D eigenvalue weighted by molar-refractivity contribution is -0.140. The zero-order valence-corrected chi connectivity index (χ0v) is 9.44. The summed E-state index contributed by atoms with van der Waals surface area (Å²) in [7, 11) is 0. The third-order valence-electron chi connectivity index (χ3n) is 3.21. The van der Waals surface area contributed by atoms with Gasteiger partial charge in [-0.1, -0.05) is 0 Å². The van der Waals surface area contributed by atoms with Gasteiger partial charge in [-0.15, -0.1) is 0 Å². The van der Waals surface area contributed by atoms with Crippen molar-refractivity contribution in [3.8, 4) is 0 Å². The molecule has 2 N–H and O–H groups in total. The molecule has 0 aromatic carbocycles. The smallest absolute Gasteiger partial charge is 0.305 e. The van der Waals surface area contributed by atoms with Gasteiger partial charge in [0.2, 0.25) is 0 Å². The molecule has 0 bridgehead atoms. The van der Waals surface area contributed by atoms with Gasteiger partial charge >= 0.3 is 5.97 Å². The van der Waals surface area contributed by atoms with Crippen LogP contribution >= 0.6 is 0 Å². The Morgan fingerprint density at radius 1 is 1.62 bits per heavy atom. The van der Waals surface area contributed by atoms with Crippen molar-refractivity contribution in [2.45, 2.75) is 31.7 Å². The number of piperidine rings is 1. The molecule has 5 nitrogen and oxygen atoms in total. The van der Waals surface area contributed by atoms with Crippen LogP contribution in [0.5, 0.6) is 0 Å². The minimum absolute atomic E-state index is 0.149. The summed E-state index contributed by atoms with van der Waals surface area (Å²) in [5, 5.41) is 16.6. The van der Waals surface area contributed by atoms with Gasteiger partial charge in [0.1, 0.15) is 0 Å². The number of aliphatic carboxylic acids is 1. The molecular weight excluding hydrogens is 206 g/mol. The Morgan fingerprint density at radius 2 is 2.31 bits per heavy atom. The molecule has 1 aliphatic rings. The van der Waals surface area contributed by atoms with Gasteiger partial charge in [0.15, 0.2) is 0 Å². The maximum atomic E-state index is 11.0. The predicted octanol–water partition coefficient (Wildman–Crippen LogP) is 0.745. The van der Waals surface area contributed by atoms with Gasteiger partial charge in [-0.3, -0.25) is 9.48 Å². The van der Waals surface area contributed by atoms with Crippen molar-refractivity contribution in [1.82, 2.24) is 15.1 Å². The number of nitrogens with zero attached hydrogens (tertiary/aromatic N) is 2. The van der Waals surface area contributed by atoms with Gasteiger partial charge < -0.3 is 10.4 Å². The van der Waals surface area contributed by atoms with Gasteiger partial charge in [0.25, 0.3) is 0 Å². The standard InChI is InChI=1S/C11H17N3O2/c1-9-7-13-14(8-9)11(6-10(15)16)2-4-12-5-3-11/h7-8,12H,2-6H2,1H3,(H,15,16). The SMILES string of the molecule is Cc1cnn(C2(CC(=O)O)CCNCC2)c1. The molecule has 1 saturated heterocycles. The summed E-state index contributed by atoms with van der Waals surface area (Å²) in [5.74, 6) is -0.755. The van der Waals surface area contributed by atoms with Crippen LogP contribution in [0.15, 0.2) is 12.4 Å². The first-order valence-electron chi connectivity index (χ1n) is 5.57. The highest BCUT2D eigenvalue weighted by Gasteiger charge is 2.36. The zero-order chi connectivity index (χ0) is 11.6. The lowest BCUT2D eigenvalue weighted by Crippen LogP contribution is -2.45. The topological polar surface area (TPSA) is 67.2 Å². The molecule has 88 valence electrons. The molecule has 0 unspecified atom stereocenters. The zero-order valence-electron chi connectivity index (χ0n) is 9.44. The van der Waals surface area contributed by atoms with Crippen molar-refractivity contribution in [1.29, 1.82) is 0 Å². The van der Waals surface area contributed by atoms with Crippen LogP contribution in [0, 0.1) is 6.92 Å². The number of aromatic nitrogens is 2. The number of carbonyl (C=O) groups is 1. The van der Waals surface area contributed by atoms with E-state index in [-0.39, 0.29) is 12.0 Å². The Kier molecular flexibility index (Phi) is 2.96. The first-order valence-corrected chi connectivity index (χ1v) is 5.57. The third kappa shape index (κ3) is 2.09. The highest BCUT2D eigenvalue weighted by Crippen LogP contribution is 2.30. The summed E-state index contributed by atoms with van der Waals surface area (Å²) in [4.78, 5) is 11.0. The van der Waals surface area contributed by atoms with Gasteiger partial charge in [0.05, 0.1) is 18.2 Å². The van der Waals surface area contributed by atoms with Crippen LogP contribution in [0.4, 0.5) is 0 Å². The number of carboxylic acids is 1. The van der Waals surface area contributed by atoms with Crippen LogP contribution in [0.1, 0.15) is 24.8 Å². The van der Waals surface area contributed by atoms with E-state index in [4.69, 9.17) is 5.11 Å². The lowest BCUT2D eigenvalue weighted by atomic mass is 9.85. The van der Waals surface area contributed by atoms with Crippen molar-refractivity contribution in [3.63, 3.8) is 0 Å². The summed E-state index contributed by atoms with van der Waals surface area (Å²) < 4.78 is 1.84. The summed E-state index contributed by atoms with van der Waals surface area (Å²) in [6, 6.07) is 0. The van der Waals surface area contributed by atoms with E-state index in [9.17, 15) is 4.79 Å². The Balaban J connectivity index is 2.29. The van der Waals surface area contributed by atoms with E-state index in [0.717, 1.165) is 31.5 Å². The largest absolute Gasteiger partial charge is 0.481 e. The van der Waals surface area contributed by atoms with Crippen LogP contribution in [-0.2, 0) is 10.3 Å². The fourth-order valence-electron chi connectivity index (χ4n) is 2.33. The molecular formula is C11H17N3O2. The number of carboxylic acid groups (broad SMARTS) is 1. The molecule has 2 rings (SSSR count). The fraction of sp³-hybridized carbons (Fsp3) is 0.636. The number of hydrogen-bond donors (Lipinski definition) is 2. The molecule has 0 atom stereocenters. The number of nitrogens with one attached hydrogen (secondary N) is 1. The van der Waals surface area contributed by atoms with E-state index in [0.29, 0.717) is 0 Å². The van der Waals surface area contributed by atoms with Crippen molar-refractivity contribution < 1.29 is 9.90 Å². The van der Waals surface area contributed by atoms with Gasteiger partial charge in [0, 0.05) is 6.20 Å². The average Bonchev–Trinajstić information content (AvgIpc) is 2.66. The van der Waals surface area contributed by atoms with Crippen LogP contribution in [0.25, 0.3) is 0 Å². The second kappa shape index (κ2) is 4.25. The maximum Gasteiger partial charge on any atom is 0.305 e. The molecule has 1 fully saturated rings. The molecule has 0 spiro atoms. The Labute approximate surface area is 94.5 Å². The van der Waals surface area contributed by atoms with Gasteiger partial charge in [-0.05, 0) is 38.4 Å². The summed E-state index contributed by atoms with van der Waals surface area (Å²) in [6.07, 6.45) is 5.51. The molecule has 1 aliphatic heterocycles. The third-order valence-corrected chi connectivity index (χ3v) is 3.21. The molecule has 2 heterocycles.